The lowest BCUT2D eigenvalue weighted by Gasteiger charge is -2.23. The molecule has 0 radical (unpaired) electrons. The topological polar surface area (TPSA) is 47.7 Å². The lowest BCUT2D eigenvalue weighted by molar-refractivity contribution is 0.169. The highest BCUT2D eigenvalue weighted by Gasteiger charge is 2.16. The molecule has 1 aliphatic rings. The predicted molar refractivity (Wildman–Crippen MR) is 71.7 cm³/mol. The van der Waals surface area contributed by atoms with E-state index in [1.54, 1.807) is 7.11 Å². The van der Waals surface area contributed by atoms with Gasteiger partial charge in [0, 0.05) is 45.0 Å². The Balaban J connectivity index is 1.91. The van der Waals surface area contributed by atoms with Gasteiger partial charge in [0.1, 0.15) is 12.4 Å². The normalized spacial score (nSPS) is 17.7. The van der Waals surface area contributed by atoms with Gasteiger partial charge in [-0.3, -0.25) is 4.90 Å². The molecule has 4 nitrogen and oxygen atoms in total. The van der Waals surface area contributed by atoms with Gasteiger partial charge in [0.05, 0.1) is 0 Å². The fraction of sp³-hybridized carbons (Fsp3) is 0.571. The highest BCUT2D eigenvalue weighted by atomic mass is 16.5. The minimum Gasteiger partial charge on any atom is -0.492 e. The first-order chi connectivity index (χ1) is 8.79. The van der Waals surface area contributed by atoms with Crippen LogP contribution in [0.25, 0.3) is 0 Å². The molecule has 100 valence electrons. The maximum Gasteiger partial charge on any atom is 0.123 e. The molecule has 0 saturated heterocycles. The maximum atomic E-state index is 6.10. The second-order valence-electron chi connectivity index (χ2n) is 4.73. The van der Waals surface area contributed by atoms with E-state index in [-0.39, 0.29) is 6.04 Å². The molecule has 0 aliphatic carbocycles. The second kappa shape index (κ2) is 6.73. The molecule has 4 heteroatoms. The molecule has 1 heterocycles. The second-order valence-corrected chi connectivity index (χ2v) is 4.73. The molecule has 0 amide bonds. The van der Waals surface area contributed by atoms with Crippen molar-refractivity contribution in [2.24, 2.45) is 5.73 Å². The van der Waals surface area contributed by atoms with Crippen molar-refractivity contribution in [1.82, 2.24) is 4.90 Å². The number of ether oxygens (including phenoxy) is 2. The van der Waals surface area contributed by atoms with E-state index >= 15 is 0 Å². The number of hydrogen-bond acceptors (Lipinski definition) is 4. The summed E-state index contributed by atoms with van der Waals surface area (Å²) in [4.78, 5) is 2.35. The van der Waals surface area contributed by atoms with Crippen LogP contribution < -0.4 is 10.5 Å². The lowest BCUT2D eigenvalue weighted by Crippen LogP contribution is -2.38. The van der Waals surface area contributed by atoms with Gasteiger partial charge >= 0.3 is 0 Å². The van der Waals surface area contributed by atoms with Crippen molar-refractivity contribution >= 4 is 0 Å². The molecule has 1 aliphatic heterocycles. The third kappa shape index (κ3) is 3.70. The van der Waals surface area contributed by atoms with E-state index in [0.717, 1.165) is 45.0 Å². The third-order valence-electron chi connectivity index (χ3n) is 3.22. The maximum absolute atomic E-state index is 6.10. The SMILES string of the molecule is COCCC(N)CN1CCOc2ccccc2C1. The minimum absolute atomic E-state index is 0.162. The Bertz CT molecular complexity index is 371. The van der Waals surface area contributed by atoms with Crippen molar-refractivity contribution < 1.29 is 9.47 Å². The summed E-state index contributed by atoms with van der Waals surface area (Å²) in [5, 5.41) is 0. The van der Waals surface area contributed by atoms with Gasteiger partial charge in [0.25, 0.3) is 0 Å². The third-order valence-corrected chi connectivity index (χ3v) is 3.22. The van der Waals surface area contributed by atoms with Crippen LogP contribution in [0.4, 0.5) is 0 Å². The lowest BCUT2D eigenvalue weighted by atomic mass is 10.1. The molecule has 0 saturated carbocycles. The average Bonchev–Trinajstić information content (AvgIpc) is 2.57. The number of fused-ring (bicyclic) bond motifs is 1. The molecule has 0 spiro atoms. The van der Waals surface area contributed by atoms with Crippen LogP contribution in [0, 0.1) is 0 Å². The van der Waals surface area contributed by atoms with E-state index < -0.39 is 0 Å². The largest absolute Gasteiger partial charge is 0.492 e. The van der Waals surface area contributed by atoms with Gasteiger partial charge in [-0.25, -0.2) is 0 Å². The van der Waals surface area contributed by atoms with Crippen LogP contribution in [-0.2, 0) is 11.3 Å². The average molecular weight is 250 g/mol. The highest BCUT2D eigenvalue weighted by Crippen LogP contribution is 2.22. The fourth-order valence-corrected chi connectivity index (χ4v) is 2.23. The van der Waals surface area contributed by atoms with Gasteiger partial charge in [-0.15, -0.1) is 0 Å². The van der Waals surface area contributed by atoms with Crippen molar-refractivity contribution in [2.75, 3.05) is 33.4 Å². The van der Waals surface area contributed by atoms with E-state index in [1.807, 2.05) is 12.1 Å². The number of rotatable bonds is 5. The van der Waals surface area contributed by atoms with E-state index in [2.05, 4.69) is 17.0 Å². The summed E-state index contributed by atoms with van der Waals surface area (Å²) in [5.74, 6) is 1.01. The van der Waals surface area contributed by atoms with Crippen molar-refractivity contribution in [2.45, 2.75) is 19.0 Å². The first-order valence-electron chi connectivity index (χ1n) is 6.47. The Morgan fingerprint density at radius 1 is 1.44 bits per heavy atom. The van der Waals surface area contributed by atoms with Gasteiger partial charge < -0.3 is 15.2 Å². The van der Waals surface area contributed by atoms with Gasteiger partial charge in [-0.1, -0.05) is 18.2 Å². The van der Waals surface area contributed by atoms with Crippen LogP contribution >= 0.6 is 0 Å². The van der Waals surface area contributed by atoms with Crippen LogP contribution in [0.15, 0.2) is 24.3 Å². The number of benzene rings is 1. The van der Waals surface area contributed by atoms with E-state index in [1.165, 1.54) is 5.56 Å². The molecule has 1 atom stereocenters. The van der Waals surface area contributed by atoms with Gasteiger partial charge in [0.15, 0.2) is 0 Å². The van der Waals surface area contributed by atoms with Gasteiger partial charge in [-0.05, 0) is 12.5 Å². The van der Waals surface area contributed by atoms with Crippen LogP contribution in [0.5, 0.6) is 5.75 Å². The molecule has 18 heavy (non-hydrogen) atoms. The van der Waals surface area contributed by atoms with Crippen LogP contribution in [0.1, 0.15) is 12.0 Å². The van der Waals surface area contributed by atoms with Crippen LogP contribution in [-0.4, -0.2) is 44.4 Å². The fourth-order valence-electron chi connectivity index (χ4n) is 2.23. The summed E-state index contributed by atoms with van der Waals surface area (Å²) in [6.45, 7) is 4.18. The molecular formula is C14H22N2O2. The number of nitrogens with two attached hydrogens (primary N) is 1. The quantitative estimate of drug-likeness (QED) is 0.854. The molecule has 2 N–H and O–H groups in total. The summed E-state index contributed by atoms with van der Waals surface area (Å²) >= 11 is 0. The number of hydrogen-bond donors (Lipinski definition) is 1. The van der Waals surface area contributed by atoms with Crippen molar-refractivity contribution in [3.63, 3.8) is 0 Å². The molecule has 1 aromatic carbocycles. The molecule has 2 rings (SSSR count). The standard InChI is InChI=1S/C14H22N2O2/c1-17-8-6-13(15)11-16-7-9-18-14-5-3-2-4-12(14)10-16/h2-5,13H,6-11,15H2,1H3. The van der Waals surface area contributed by atoms with Crippen molar-refractivity contribution in [3.05, 3.63) is 29.8 Å². The molecule has 0 bridgehead atoms. The molecule has 1 unspecified atom stereocenters. The Labute approximate surface area is 109 Å². The Kier molecular flexibility index (Phi) is 4.99. The molecule has 1 aromatic rings. The zero-order chi connectivity index (χ0) is 12.8. The number of methoxy groups -OCH3 is 1. The zero-order valence-electron chi connectivity index (χ0n) is 11.0. The van der Waals surface area contributed by atoms with Gasteiger partial charge in [-0.2, -0.15) is 0 Å². The summed E-state index contributed by atoms with van der Waals surface area (Å²) < 4.78 is 10.8. The highest BCUT2D eigenvalue weighted by molar-refractivity contribution is 5.33. The predicted octanol–water partition coefficient (Wildman–Crippen LogP) is 1.24. The summed E-state index contributed by atoms with van der Waals surface area (Å²) in [5.41, 5.74) is 7.34. The number of nitrogens with zero attached hydrogens (tertiary/aromatic N) is 1. The van der Waals surface area contributed by atoms with Crippen LogP contribution in [0.3, 0.4) is 0 Å². The Morgan fingerprint density at radius 3 is 3.11 bits per heavy atom. The monoisotopic (exact) mass is 250 g/mol. The van der Waals surface area contributed by atoms with E-state index in [9.17, 15) is 0 Å². The summed E-state index contributed by atoms with van der Waals surface area (Å²) in [6.07, 6.45) is 0.898. The van der Waals surface area contributed by atoms with Crippen molar-refractivity contribution in [3.8, 4) is 5.75 Å². The first-order valence-corrected chi connectivity index (χ1v) is 6.47. The molecule has 0 aromatic heterocycles. The summed E-state index contributed by atoms with van der Waals surface area (Å²) in [6, 6.07) is 8.38. The van der Waals surface area contributed by atoms with E-state index in [0.29, 0.717) is 0 Å². The van der Waals surface area contributed by atoms with Crippen LogP contribution in [0.2, 0.25) is 0 Å². The minimum atomic E-state index is 0.162. The molecule has 0 fully saturated rings. The smallest absolute Gasteiger partial charge is 0.123 e. The Hall–Kier alpha value is -1.10. The molecular weight excluding hydrogens is 228 g/mol. The zero-order valence-corrected chi connectivity index (χ0v) is 11.0. The summed E-state index contributed by atoms with van der Waals surface area (Å²) in [7, 11) is 1.71. The number of para-hydroxylation sites is 1. The first kappa shape index (κ1) is 13.3. The van der Waals surface area contributed by atoms with E-state index in [4.69, 9.17) is 15.2 Å². The Morgan fingerprint density at radius 2 is 2.28 bits per heavy atom. The van der Waals surface area contributed by atoms with Gasteiger partial charge in [0.2, 0.25) is 0 Å². The van der Waals surface area contributed by atoms with Crippen molar-refractivity contribution in [1.29, 1.82) is 0 Å².